The van der Waals surface area contributed by atoms with Crippen molar-refractivity contribution in [3.8, 4) is 57.0 Å². The molecular weight excluding hydrogens is 599 g/mol. The van der Waals surface area contributed by atoms with Crippen LogP contribution in [-0.2, 0) is 0 Å². The summed E-state index contributed by atoms with van der Waals surface area (Å²) in [4.78, 5) is 14.9. The monoisotopic (exact) mass is 625 g/mol. The molecule has 0 aliphatic rings. The van der Waals surface area contributed by atoms with Gasteiger partial charge < -0.3 is 4.57 Å². The fourth-order valence-corrected chi connectivity index (χ4v) is 6.79. The Morgan fingerprint density at radius 2 is 0.918 bits per heavy atom. The molecule has 0 spiro atoms. The number of rotatable bonds is 5. The van der Waals surface area contributed by atoms with Crippen LogP contribution in [0.4, 0.5) is 0 Å². The van der Waals surface area contributed by atoms with Crippen molar-refractivity contribution in [1.29, 1.82) is 5.26 Å². The van der Waals surface area contributed by atoms with E-state index in [-0.39, 0.29) is 0 Å². The van der Waals surface area contributed by atoms with E-state index in [2.05, 4.69) is 89.5 Å². The average molecular weight is 626 g/mol. The van der Waals surface area contributed by atoms with Crippen molar-refractivity contribution < 1.29 is 0 Å². The van der Waals surface area contributed by atoms with E-state index in [1.807, 2.05) is 84.9 Å². The number of nitriles is 1. The minimum absolute atomic E-state index is 0.626. The second-order valence-electron chi connectivity index (χ2n) is 12.0. The van der Waals surface area contributed by atoms with Gasteiger partial charge in [0.05, 0.1) is 22.7 Å². The van der Waals surface area contributed by atoms with Crippen molar-refractivity contribution in [3.05, 3.63) is 169 Å². The largest absolute Gasteiger partial charge is 0.309 e. The Morgan fingerprint density at radius 1 is 0.408 bits per heavy atom. The standard InChI is InChI=1S/C44H27N5/c45-28-29-20-24-40-38(26-29)39-27-32(21-25-41(39)49(40)33-16-8-3-9-17-33)34-22-23-37(36-19-11-10-18-35(34)36)44-47-42(30-12-4-1-5-13-30)46-43(48-44)31-14-6-2-7-15-31/h1-27H. The second-order valence-corrected chi connectivity index (χ2v) is 12.0. The molecule has 2 aromatic heterocycles. The van der Waals surface area contributed by atoms with Crippen LogP contribution in [0, 0.1) is 11.3 Å². The third kappa shape index (κ3) is 4.91. The maximum absolute atomic E-state index is 9.76. The van der Waals surface area contributed by atoms with Crippen LogP contribution in [0.1, 0.15) is 5.56 Å². The summed E-state index contributed by atoms with van der Waals surface area (Å²) >= 11 is 0. The van der Waals surface area contributed by atoms with Crippen LogP contribution >= 0.6 is 0 Å². The van der Waals surface area contributed by atoms with Crippen LogP contribution in [0.2, 0.25) is 0 Å². The van der Waals surface area contributed by atoms with Gasteiger partial charge in [0.1, 0.15) is 0 Å². The first-order valence-corrected chi connectivity index (χ1v) is 16.2. The SMILES string of the molecule is N#Cc1ccc2c(c1)c1cc(-c3ccc(-c4nc(-c5ccccc5)nc(-c5ccccc5)n4)c4ccccc34)ccc1n2-c1ccccc1. The fourth-order valence-electron chi connectivity index (χ4n) is 6.79. The van der Waals surface area contributed by atoms with Crippen LogP contribution in [0.25, 0.3) is 83.6 Å². The van der Waals surface area contributed by atoms with Gasteiger partial charge in [-0.15, -0.1) is 0 Å². The molecule has 7 aromatic carbocycles. The normalized spacial score (nSPS) is 11.2. The van der Waals surface area contributed by atoms with Gasteiger partial charge in [-0.25, -0.2) is 15.0 Å². The van der Waals surface area contributed by atoms with E-state index in [1.165, 1.54) is 0 Å². The lowest BCUT2D eigenvalue weighted by Gasteiger charge is -2.13. The van der Waals surface area contributed by atoms with E-state index in [0.717, 1.165) is 66.1 Å². The molecule has 0 radical (unpaired) electrons. The Labute approximate surface area is 283 Å². The molecule has 0 saturated carbocycles. The molecule has 0 N–H and O–H groups in total. The van der Waals surface area contributed by atoms with Gasteiger partial charge in [-0.3, -0.25) is 0 Å². The first kappa shape index (κ1) is 28.3. The molecule has 9 aromatic rings. The van der Waals surface area contributed by atoms with Crippen molar-refractivity contribution in [3.63, 3.8) is 0 Å². The highest BCUT2D eigenvalue weighted by Crippen LogP contribution is 2.39. The molecule has 5 nitrogen and oxygen atoms in total. The van der Waals surface area contributed by atoms with E-state index >= 15 is 0 Å². The summed E-state index contributed by atoms with van der Waals surface area (Å²) in [6.45, 7) is 0. The molecule has 0 fully saturated rings. The Bertz CT molecular complexity index is 2650. The van der Waals surface area contributed by atoms with Gasteiger partial charge in [-0.05, 0) is 70.4 Å². The fraction of sp³-hybridized carbons (Fsp3) is 0. The molecule has 2 heterocycles. The number of hydrogen-bond acceptors (Lipinski definition) is 4. The van der Waals surface area contributed by atoms with Crippen LogP contribution in [0.3, 0.4) is 0 Å². The van der Waals surface area contributed by atoms with E-state index in [1.54, 1.807) is 0 Å². The van der Waals surface area contributed by atoms with Gasteiger partial charge in [-0.1, -0.05) is 115 Å². The zero-order valence-corrected chi connectivity index (χ0v) is 26.3. The lowest BCUT2D eigenvalue weighted by Crippen LogP contribution is -2.00. The summed E-state index contributed by atoms with van der Waals surface area (Å²) in [5.74, 6) is 1.89. The molecule has 49 heavy (non-hydrogen) atoms. The third-order valence-electron chi connectivity index (χ3n) is 9.08. The van der Waals surface area contributed by atoms with Crippen LogP contribution < -0.4 is 0 Å². The predicted octanol–water partition coefficient (Wildman–Crippen LogP) is 10.7. The Balaban J connectivity index is 1.24. The second kappa shape index (κ2) is 11.7. The highest BCUT2D eigenvalue weighted by Gasteiger charge is 2.18. The first-order chi connectivity index (χ1) is 24.2. The van der Waals surface area contributed by atoms with Crippen molar-refractivity contribution in [2.75, 3.05) is 0 Å². The lowest BCUT2D eigenvalue weighted by molar-refractivity contribution is 1.08. The predicted molar refractivity (Wildman–Crippen MR) is 198 cm³/mol. The molecule has 0 bridgehead atoms. The molecular formula is C44H27N5. The maximum Gasteiger partial charge on any atom is 0.164 e. The van der Waals surface area contributed by atoms with Crippen LogP contribution in [-0.4, -0.2) is 19.5 Å². The van der Waals surface area contributed by atoms with Gasteiger partial charge in [0, 0.05) is 33.2 Å². The Morgan fingerprint density at radius 3 is 1.55 bits per heavy atom. The molecule has 0 unspecified atom stereocenters. The van der Waals surface area contributed by atoms with Gasteiger partial charge in [0.25, 0.3) is 0 Å². The summed E-state index contributed by atoms with van der Waals surface area (Å²) in [6.07, 6.45) is 0. The van der Waals surface area contributed by atoms with Crippen molar-refractivity contribution in [1.82, 2.24) is 19.5 Å². The highest BCUT2D eigenvalue weighted by atomic mass is 15.0. The van der Waals surface area contributed by atoms with Crippen molar-refractivity contribution in [2.24, 2.45) is 0 Å². The number of benzene rings is 7. The Hall–Kier alpha value is -6.90. The van der Waals surface area contributed by atoms with E-state index < -0.39 is 0 Å². The molecule has 0 aliphatic carbocycles. The topological polar surface area (TPSA) is 67.4 Å². The summed E-state index contributed by atoms with van der Waals surface area (Å²) in [6, 6.07) is 58.1. The van der Waals surface area contributed by atoms with E-state index in [0.29, 0.717) is 23.0 Å². The maximum atomic E-state index is 9.76. The molecule has 228 valence electrons. The first-order valence-electron chi connectivity index (χ1n) is 16.2. The summed E-state index contributed by atoms with van der Waals surface area (Å²) in [7, 11) is 0. The van der Waals surface area contributed by atoms with E-state index in [4.69, 9.17) is 15.0 Å². The smallest absolute Gasteiger partial charge is 0.164 e. The minimum atomic E-state index is 0.626. The zero-order valence-electron chi connectivity index (χ0n) is 26.3. The molecule has 0 saturated heterocycles. The lowest BCUT2D eigenvalue weighted by atomic mass is 9.93. The highest BCUT2D eigenvalue weighted by molar-refractivity contribution is 6.12. The van der Waals surface area contributed by atoms with Crippen LogP contribution in [0.15, 0.2) is 164 Å². The number of nitrogens with zero attached hydrogens (tertiary/aromatic N) is 5. The molecule has 5 heteroatoms. The van der Waals surface area contributed by atoms with Gasteiger partial charge in [-0.2, -0.15) is 5.26 Å². The van der Waals surface area contributed by atoms with Gasteiger partial charge in [0.2, 0.25) is 0 Å². The van der Waals surface area contributed by atoms with Crippen molar-refractivity contribution in [2.45, 2.75) is 0 Å². The van der Waals surface area contributed by atoms with Gasteiger partial charge >= 0.3 is 0 Å². The molecule has 0 amide bonds. The number of fused-ring (bicyclic) bond motifs is 4. The molecule has 0 aliphatic heterocycles. The third-order valence-corrected chi connectivity index (χ3v) is 9.08. The summed E-state index contributed by atoms with van der Waals surface area (Å²) in [5.41, 5.74) is 8.90. The van der Waals surface area contributed by atoms with Crippen molar-refractivity contribution >= 4 is 32.6 Å². The number of hydrogen-bond donors (Lipinski definition) is 0. The van der Waals surface area contributed by atoms with Gasteiger partial charge in [0.15, 0.2) is 17.5 Å². The average Bonchev–Trinajstić information content (AvgIpc) is 3.51. The number of aromatic nitrogens is 4. The van der Waals surface area contributed by atoms with Crippen LogP contribution in [0.5, 0.6) is 0 Å². The Kier molecular flexibility index (Phi) is 6.78. The molecule has 0 atom stereocenters. The number of para-hydroxylation sites is 1. The summed E-state index contributed by atoms with van der Waals surface area (Å²) in [5, 5.41) is 14.1. The molecule has 9 rings (SSSR count). The summed E-state index contributed by atoms with van der Waals surface area (Å²) < 4.78 is 2.27. The van der Waals surface area contributed by atoms with E-state index in [9.17, 15) is 5.26 Å². The zero-order chi connectivity index (χ0) is 32.7. The minimum Gasteiger partial charge on any atom is -0.309 e. The quantitative estimate of drug-likeness (QED) is 0.191.